The molecule has 0 aliphatic rings. The van der Waals surface area contributed by atoms with Crippen LogP contribution in [0.25, 0.3) is 0 Å². The quantitative estimate of drug-likeness (QED) is 0.805. The molecular formula is C11H9ClN2O2. The van der Waals surface area contributed by atoms with E-state index >= 15 is 0 Å². The molecule has 0 bridgehead atoms. The number of furan rings is 1. The molecule has 0 N–H and O–H groups in total. The van der Waals surface area contributed by atoms with Crippen LogP contribution in [0, 0.1) is 0 Å². The summed E-state index contributed by atoms with van der Waals surface area (Å²) in [5, 5.41) is 0.0979. The topological polar surface area (TPSA) is 46.3 Å². The number of rotatable bonds is 2. The Labute approximate surface area is 97.5 Å². The summed E-state index contributed by atoms with van der Waals surface area (Å²) in [5.74, 6) is -0.230. The molecule has 2 rings (SSSR count). The number of carbonyl (C=O) groups is 1. The first-order valence-corrected chi connectivity index (χ1v) is 4.99. The number of aromatic nitrogens is 1. The maximum absolute atomic E-state index is 12.0. The Balaban J connectivity index is 2.27. The molecule has 2 heterocycles. The Morgan fingerprint density at radius 3 is 2.88 bits per heavy atom. The fraction of sp³-hybridized carbons (Fsp3) is 0.0909. The lowest BCUT2D eigenvalue weighted by Crippen LogP contribution is -2.26. The van der Waals surface area contributed by atoms with E-state index in [0.29, 0.717) is 11.3 Å². The summed E-state index contributed by atoms with van der Waals surface area (Å²) in [6, 6.07) is 5.09. The molecule has 82 valence electrons. The number of hydrogen-bond acceptors (Lipinski definition) is 3. The van der Waals surface area contributed by atoms with Gasteiger partial charge in [0, 0.05) is 13.2 Å². The van der Waals surface area contributed by atoms with Crippen molar-refractivity contribution < 1.29 is 9.21 Å². The van der Waals surface area contributed by atoms with E-state index in [-0.39, 0.29) is 11.1 Å². The Morgan fingerprint density at radius 1 is 1.50 bits per heavy atom. The van der Waals surface area contributed by atoms with E-state index in [0.717, 1.165) is 0 Å². The molecule has 5 heteroatoms. The minimum atomic E-state index is -0.230. The summed E-state index contributed by atoms with van der Waals surface area (Å²) in [5.41, 5.74) is 1.04. The van der Waals surface area contributed by atoms with Crippen LogP contribution in [0.3, 0.4) is 0 Å². The highest BCUT2D eigenvalue weighted by atomic mass is 35.5. The summed E-state index contributed by atoms with van der Waals surface area (Å²) in [4.78, 5) is 17.4. The van der Waals surface area contributed by atoms with Gasteiger partial charge < -0.3 is 9.32 Å². The minimum Gasteiger partial charge on any atom is -0.452 e. The lowest BCUT2D eigenvalue weighted by atomic mass is 10.3. The van der Waals surface area contributed by atoms with Crippen molar-refractivity contribution in [2.45, 2.75) is 0 Å². The van der Waals surface area contributed by atoms with Gasteiger partial charge in [0.1, 0.15) is 0 Å². The predicted molar refractivity (Wildman–Crippen MR) is 60.7 cm³/mol. The normalized spacial score (nSPS) is 10.1. The van der Waals surface area contributed by atoms with Gasteiger partial charge in [-0.25, -0.2) is 0 Å². The second kappa shape index (κ2) is 4.37. The van der Waals surface area contributed by atoms with Gasteiger partial charge in [0.05, 0.1) is 23.7 Å². The Bertz CT molecular complexity index is 496. The highest BCUT2D eigenvalue weighted by molar-refractivity contribution is 6.32. The lowest BCUT2D eigenvalue weighted by molar-refractivity contribution is 0.0992. The highest BCUT2D eigenvalue weighted by Crippen LogP contribution is 2.20. The molecule has 4 nitrogen and oxygen atoms in total. The third kappa shape index (κ3) is 1.92. The smallest absolute Gasteiger partial charge is 0.262 e. The molecule has 0 aromatic carbocycles. The minimum absolute atomic E-state index is 0.0979. The molecule has 2 aromatic heterocycles. The zero-order chi connectivity index (χ0) is 11.5. The Morgan fingerprint density at radius 2 is 2.31 bits per heavy atom. The maximum atomic E-state index is 12.0. The number of pyridine rings is 1. The van der Waals surface area contributed by atoms with Gasteiger partial charge in [-0.15, -0.1) is 0 Å². The number of nitrogens with zero attached hydrogens (tertiary/aromatic N) is 2. The number of amides is 1. The zero-order valence-electron chi connectivity index (χ0n) is 8.55. The van der Waals surface area contributed by atoms with Gasteiger partial charge in [-0.3, -0.25) is 9.78 Å². The second-order valence-electron chi connectivity index (χ2n) is 3.18. The van der Waals surface area contributed by atoms with Crippen molar-refractivity contribution in [2.24, 2.45) is 0 Å². The molecule has 0 aliphatic carbocycles. The Hall–Kier alpha value is -1.81. The summed E-state index contributed by atoms with van der Waals surface area (Å²) < 4.78 is 4.87. The number of anilines is 1. The molecule has 0 atom stereocenters. The molecule has 0 saturated heterocycles. The van der Waals surface area contributed by atoms with Gasteiger partial charge in [-0.1, -0.05) is 0 Å². The van der Waals surface area contributed by atoms with Crippen LogP contribution in [-0.2, 0) is 0 Å². The van der Waals surface area contributed by atoms with Crippen LogP contribution in [0.4, 0.5) is 5.69 Å². The van der Waals surface area contributed by atoms with Gasteiger partial charge >= 0.3 is 0 Å². The summed E-state index contributed by atoms with van der Waals surface area (Å²) in [6.45, 7) is 0. The average Bonchev–Trinajstić information content (AvgIpc) is 2.75. The standard InChI is InChI=1S/C11H9ClN2O2/c1-14(8-3-2-5-13-7-8)11(15)9-4-6-16-10(9)12/h2-7H,1H3. The van der Waals surface area contributed by atoms with Gasteiger partial charge in [0.25, 0.3) is 5.91 Å². The monoisotopic (exact) mass is 236 g/mol. The molecule has 1 amide bonds. The molecule has 0 spiro atoms. The van der Waals surface area contributed by atoms with Crippen LogP contribution in [0.15, 0.2) is 41.3 Å². The van der Waals surface area contributed by atoms with Gasteiger partial charge in [-0.2, -0.15) is 0 Å². The van der Waals surface area contributed by atoms with Crippen molar-refractivity contribution in [1.82, 2.24) is 4.98 Å². The molecular weight excluding hydrogens is 228 g/mol. The van der Waals surface area contributed by atoms with Crippen molar-refractivity contribution >= 4 is 23.2 Å². The Kier molecular flexibility index (Phi) is 2.92. The third-order valence-corrected chi connectivity index (χ3v) is 2.48. The van der Waals surface area contributed by atoms with Crippen molar-refractivity contribution in [2.75, 3.05) is 11.9 Å². The fourth-order valence-corrected chi connectivity index (χ4v) is 1.49. The number of carbonyl (C=O) groups excluding carboxylic acids is 1. The predicted octanol–water partition coefficient (Wildman–Crippen LogP) is 2.60. The summed E-state index contributed by atoms with van der Waals surface area (Å²) in [7, 11) is 1.66. The first-order chi connectivity index (χ1) is 7.70. The van der Waals surface area contributed by atoms with E-state index in [2.05, 4.69) is 4.98 Å². The molecule has 0 saturated carbocycles. The molecule has 16 heavy (non-hydrogen) atoms. The molecule has 0 fully saturated rings. The van der Waals surface area contributed by atoms with E-state index in [9.17, 15) is 4.79 Å². The van der Waals surface area contributed by atoms with Crippen LogP contribution in [0.2, 0.25) is 5.22 Å². The SMILES string of the molecule is CN(C(=O)c1ccoc1Cl)c1cccnc1. The first-order valence-electron chi connectivity index (χ1n) is 4.61. The van der Waals surface area contributed by atoms with Crippen LogP contribution >= 0.6 is 11.6 Å². The van der Waals surface area contributed by atoms with Gasteiger partial charge in [0.15, 0.2) is 0 Å². The largest absolute Gasteiger partial charge is 0.452 e. The number of hydrogen-bond donors (Lipinski definition) is 0. The highest BCUT2D eigenvalue weighted by Gasteiger charge is 2.18. The lowest BCUT2D eigenvalue weighted by Gasteiger charge is -2.15. The van der Waals surface area contributed by atoms with Crippen LogP contribution in [-0.4, -0.2) is 17.9 Å². The van der Waals surface area contributed by atoms with E-state index in [1.54, 1.807) is 31.6 Å². The van der Waals surface area contributed by atoms with Crippen LogP contribution in [0.5, 0.6) is 0 Å². The average molecular weight is 237 g/mol. The van der Waals surface area contributed by atoms with E-state index in [1.165, 1.54) is 17.2 Å². The summed E-state index contributed by atoms with van der Waals surface area (Å²) in [6.07, 6.45) is 4.63. The zero-order valence-corrected chi connectivity index (χ0v) is 9.31. The number of halogens is 1. The van der Waals surface area contributed by atoms with E-state index in [4.69, 9.17) is 16.0 Å². The van der Waals surface area contributed by atoms with Crippen molar-refractivity contribution in [3.05, 3.63) is 47.6 Å². The van der Waals surface area contributed by atoms with Crippen molar-refractivity contribution in [3.63, 3.8) is 0 Å². The van der Waals surface area contributed by atoms with Crippen molar-refractivity contribution in [1.29, 1.82) is 0 Å². The second-order valence-corrected chi connectivity index (χ2v) is 3.53. The van der Waals surface area contributed by atoms with Crippen molar-refractivity contribution in [3.8, 4) is 0 Å². The van der Waals surface area contributed by atoms with Crippen LogP contribution < -0.4 is 4.90 Å². The first kappa shape index (κ1) is 10.7. The maximum Gasteiger partial charge on any atom is 0.262 e. The molecule has 2 aromatic rings. The van der Waals surface area contributed by atoms with Gasteiger partial charge in [-0.05, 0) is 29.8 Å². The fourth-order valence-electron chi connectivity index (χ4n) is 1.30. The van der Waals surface area contributed by atoms with Crippen LogP contribution in [0.1, 0.15) is 10.4 Å². The molecule has 0 radical (unpaired) electrons. The molecule has 0 aliphatic heterocycles. The third-order valence-electron chi connectivity index (χ3n) is 2.19. The molecule has 0 unspecified atom stereocenters. The van der Waals surface area contributed by atoms with Gasteiger partial charge in [0.2, 0.25) is 5.22 Å². The van der Waals surface area contributed by atoms with E-state index < -0.39 is 0 Å². The van der Waals surface area contributed by atoms with E-state index in [1.807, 2.05) is 0 Å². The summed E-state index contributed by atoms with van der Waals surface area (Å²) >= 11 is 5.74.